The molecule has 0 saturated carbocycles. The number of rotatable bonds is 12. The molecule has 148 valence electrons. The lowest BCUT2D eigenvalue weighted by Gasteiger charge is -2.19. The van der Waals surface area contributed by atoms with Gasteiger partial charge in [-0.15, -0.1) is 0 Å². The average Bonchev–Trinajstić information content (AvgIpc) is 2.69. The second-order valence-electron chi connectivity index (χ2n) is 7.93. The van der Waals surface area contributed by atoms with E-state index in [2.05, 4.69) is 51.1 Å². The van der Waals surface area contributed by atoms with E-state index < -0.39 is 0 Å². The Balaban J connectivity index is 2.04. The predicted molar refractivity (Wildman–Crippen MR) is 119 cm³/mol. The Bertz CT molecular complexity index is 674. The van der Waals surface area contributed by atoms with Crippen LogP contribution in [0.2, 0.25) is 0 Å². The molecule has 0 aliphatic heterocycles. The maximum absolute atomic E-state index is 10.6. The van der Waals surface area contributed by atoms with Crippen LogP contribution in [-0.2, 0) is 6.42 Å². The van der Waals surface area contributed by atoms with Gasteiger partial charge in [-0.3, -0.25) is 0 Å². The van der Waals surface area contributed by atoms with Gasteiger partial charge in [-0.25, -0.2) is 0 Å². The van der Waals surface area contributed by atoms with Gasteiger partial charge in [-0.1, -0.05) is 102 Å². The maximum atomic E-state index is 10.6. The lowest BCUT2D eigenvalue weighted by Crippen LogP contribution is -1.98. The van der Waals surface area contributed by atoms with Crippen LogP contribution in [0.3, 0.4) is 0 Å². The highest BCUT2D eigenvalue weighted by Gasteiger charge is 2.16. The Hall–Kier alpha value is -1.76. The molecule has 0 bridgehead atoms. The lowest BCUT2D eigenvalue weighted by atomic mass is 9.86. The summed E-state index contributed by atoms with van der Waals surface area (Å²) in [4.78, 5) is 0. The number of aromatic hydroxyl groups is 1. The van der Waals surface area contributed by atoms with Gasteiger partial charge in [0.1, 0.15) is 5.75 Å². The van der Waals surface area contributed by atoms with E-state index in [4.69, 9.17) is 0 Å². The van der Waals surface area contributed by atoms with E-state index >= 15 is 0 Å². The SMILES string of the molecule is CCCCCCCCCCc1ccccc1-c1c(O)cccc1C(C)CC. The molecule has 1 unspecified atom stereocenters. The Kier molecular flexibility index (Phi) is 9.45. The van der Waals surface area contributed by atoms with Crippen LogP contribution in [0.4, 0.5) is 0 Å². The zero-order valence-corrected chi connectivity index (χ0v) is 17.6. The number of unbranched alkanes of at least 4 members (excludes halogenated alkanes) is 7. The van der Waals surface area contributed by atoms with E-state index in [0.29, 0.717) is 11.7 Å². The fraction of sp³-hybridized carbons (Fsp3) is 0.538. The molecule has 27 heavy (non-hydrogen) atoms. The molecule has 0 aromatic heterocycles. The highest BCUT2D eigenvalue weighted by Crippen LogP contribution is 2.39. The maximum Gasteiger partial charge on any atom is 0.123 e. The third kappa shape index (κ3) is 6.41. The average molecular weight is 367 g/mol. The van der Waals surface area contributed by atoms with E-state index in [0.717, 1.165) is 18.4 Å². The summed E-state index contributed by atoms with van der Waals surface area (Å²) in [6, 6.07) is 14.6. The molecule has 0 saturated heterocycles. The number of hydrogen-bond donors (Lipinski definition) is 1. The summed E-state index contributed by atoms with van der Waals surface area (Å²) in [7, 11) is 0. The van der Waals surface area contributed by atoms with E-state index in [9.17, 15) is 5.11 Å². The molecule has 0 spiro atoms. The first-order valence-corrected chi connectivity index (χ1v) is 11.1. The lowest BCUT2D eigenvalue weighted by molar-refractivity contribution is 0.476. The molecular weight excluding hydrogens is 328 g/mol. The quantitative estimate of drug-likeness (QED) is 0.375. The summed E-state index contributed by atoms with van der Waals surface area (Å²) in [5, 5.41) is 10.6. The molecule has 1 atom stereocenters. The van der Waals surface area contributed by atoms with Gasteiger partial charge in [0.05, 0.1) is 0 Å². The predicted octanol–water partition coefficient (Wildman–Crippen LogP) is 8.26. The molecule has 1 heteroatoms. The van der Waals surface area contributed by atoms with Crippen molar-refractivity contribution in [2.45, 2.75) is 90.9 Å². The van der Waals surface area contributed by atoms with Gasteiger partial charge in [0, 0.05) is 5.56 Å². The van der Waals surface area contributed by atoms with Gasteiger partial charge in [0.15, 0.2) is 0 Å². The van der Waals surface area contributed by atoms with Crippen LogP contribution in [0.1, 0.15) is 95.6 Å². The Morgan fingerprint density at radius 3 is 2.15 bits per heavy atom. The molecule has 0 aliphatic rings. The van der Waals surface area contributed by atoms with Crippen LogP contribution in [0.5, 0.6) is 5.75 Å². The number of phenols is 1. The van der Waals surface area contributed by atoms with Gasteiger partial charge in [0.25, 0.3) is 0 Å². The second kappa shape index (κ2) is 11.8. The van der Waals surface area contributed by atoms with E-state index in [1.54, 1.807) is 0 Å². The molecule has 0 fully saturated rings. The van der Waals surface area contributed by atoms with Crippen molar-refractivity contribution in [1.29, 1.82) is 0 Å². The zero-order valence-electron chi connectivity index (χ0n) is 17.6. The normalized spacial score (nSPS) is 12.3. The van der Waals surface area contributed by atoms with E-state index in [1.807, 2.05) is 12.1 Å². The molecule has 1 nitrogen and oxygen atoms in total. The third-order valence-corrected chi connectivity index (χ3v) is 5.80. The first-order valence-electron chi connectivity index (χ1n) is 11.1. The third-order valence-electron chi connectivity index (χ3n) is 5.80. The molecular formula is C26H38O. The molecule has 0 heterocycles. The fourth-order valence-electron chi connectivity index (χ4n) is 3.91. The standard InChI is InChI=1S/C26H38O/c1-4-6-7-8-9-10-11-12-16-22-17-13-14-18-24(22)26-23(21(3)5-2)19-15-20-25(26)27/h13-15,17-21,27H,4-12,16H2,1-3H3. The minimum Gasteiger partial charge on any atom is -0.507 e. The van der Waals surface area contributed by atoms with Gasteiger partial charge < -0.3 is 5.11 Å². The molecule has 2 aromatic carbocycles. The summed E-state index contributed by atoms with van der Waals surface area (Å²) >= 11 is 0. The van der Waals surface area contributed by atoms with Crippen LogP contribution >= 0.6 is 0 Å². The molecule has 0 radical (unpaired) electrons. The summed E-state index contributed by atoms with van der Waals surface area (Å²) in [6.45, 7) is 6.74. The van der Waals surface area contributed by atoms with Crippen LogP contribution in [0.25, 0.3) is 11.1 Å². The summed E-state index contributed by atoms with van der Waals surface area (Å²) in [5.74, 6) is 0.861. The van der Waals surface area contributed by atoms with Gasteiger partial charge >= 0.3 is 0 Å². The first kappa shape index (κ1) is 21.5. The second-order valence-corrected chi connectivity index (χ2v) is 7.93. The van der Waals surface area contributed by atoms with Crippen molar-refractivity contribution in [3.63, 3.8) is 0 Å². The van der Waals surface area contributed by atoms with Crippen molar-refractivity contribution >= 4 is 0 Å². The minimum absolute atomic E-state index is 0.413. The number of benzene rings is 2. The van der Waals surface area contributed by atoms with Crippen LogP contribution in [-0.4, -0.2) is 5.11 Å². The van der Waals surface area contributed by atoms with Crippen molar-refractivity contribution in [3.8, 4) is 16.9 Å². The summed E-state index contributed by atoms with van der Waals surface area (Å²) < 4.78 is 0. The molecule has 0 amide bonds. The number of aryl methyl sites for hydroxylation is 1. The van der Waals surface area contributed by atoms with E-state index in [1.165, 1.54) is 68.1 Å². The van der Waals surface area contributed by atoms with Crippen molar-refractivity contribution < 1.29 is 5.11 Å². The van der Waals surface area contributed by atoms with Gasteiger partial charge in [-0.05, 0) is 47.9 Å². The summed E-state index contributed by atoms with van der Waals surface area (Å²) in [5.41, 5.74) is 4.89. The molecule has 2 aromatic rings. The highest BCUT2D eigenvalue weighted by atomic mass is 16.3. The molecule has 0 aliphatic carbocycles. The van der Waals surface area contributed by atoms with Crippen LogP contribution in [0.15, 0.2) is 42.5 Å². The van der Waals surface area contributed by atoms with Crippen LogP contribution < -0.4 is 0 Å². The Morgan fingerprint density at radius 2 is 1.44 bits per heavy atom. The van der Waals surface area contributed by atoms with Crippen LogP contribution in [0, 0.1) is 0 Å². The largest absolute Gasteiger partial charge is 0.507 e. The van der Waals surface area contributed by atoms with E-state index in [-0.39, 0.29) is 0 Å². The smallest absolute Gasteiger partial charge is 0.123 e. The Labute approximate surface area is 166 Å². The van der Waals surface area contributed by atoms with Crippen molar-refractivity contribution in [3.05, 3.63) is 53.6 Å². The van der Waals surface area contributed by atoms with Gasteiger partial charge in [-0.2, -0.15) is 0 Å². The summed E-state index contributed by atoms with van der Waals surface area (Å²) in [6.07, 6.45) is 12.9. The fourth-order valence-corrected chi connectivity index (χ4v) is 3.91. The first-order chi connectivity index (χ1) is 13.2. The monoisotopic (exact) mass is 366 g/mol. The van der Waals surface area contributed by atoms with Crippen molar-refractivity contribution in [2.75, 3.05) is 0 Å². The number of hydrogen-bond acceptors (Lipinski definition) is 1. The van der Waals surface area contributed by atoms with Gasteiger partial charge in [0.2, 0.25) is 0 Å². The topological polar surface area (TPSA) is 20.2 Å². The highest BCUT2D eigenvalue weighted by molar-refractivity contribution is 5.77. The molecule has 1 N–H and O–H groups in total. The zero-order chi connectivity index (χ0) is 19.5. The van der Waals surface area contributed by atoms with Crippen molar-refractivity contribution in [2.24, 2.45) is 0 Å². The minimum atomic E-state index is 0.413. The van der Waals surface area contributed by atoms with Crippen molar-refractivity contribution in [1.82, 2.24) is 0 Å². The Morgan fingerprint density at radius 1 is 0.778 bits per heavy atom. The molecule has 2 rings (SSSR count). The number of phenolic OH excluding ortho intramolecular Hbond substituents is 1.